The number of hydrogen-bond donors (Lipinski definition) is 4. The first-order valence-corrected chi connectivity index (χ1v) is 10.4. The van der Waals surface area contributed by atoms with Gasteiger partial charge in [0.2, 0.25) is 11.7 Å². The second-order valence-electron chi connectivity index (χ2n) is 7.90. The summed E-state index contributed by atoms with van der Waals surface area (Å²) in [6.07, 6.45) is -7.23. The first kappa shape index (κ1) is 21.6. The summed E-state index contributed by atoms with van der Waals surface area (Å²) < 4.78 is 22.5. The van der Waals surface area contributed by atoms with E-state index in [0.717, 1.165) is 5.39 Å². The molecule has 172 valence electrons. The minimum Gasteiger partial charge on any atom is -0.497 e. The SMILES string of the molecule is COc1ccc2ccc3oc4c(O[C@H]5O[C@@H](CO)[C@@H](O)[C@H](O)[C@@H]5O)cccc4c(=O)c3c2c1. The van der Waals surface area contributed by atoms with Gasteiger partial charge in [-0.15, -0.1) is 0 Å². The zero-order valence-electron chi connectivity index (χ0n) is 17.5. The van der Waals surface area contributed by atoms with Crippen LogP contribution in [0.2, 0.25) is 0 Å². The van der Waals surface area contributed by atoms with Crippen molar-refractivity contribution in [3.8, 4) is 11.5 Å². The highest BCUT2D eigenvalue weighted by atomic mass is 16.7. The highest BCUT2D eigenvalue weighted by Gasteiger charge is 2.45. The molecular weight excluding hydrogens is 432 g/mol. The molecule has 1 saturated heterocycles. The quantitative estimate of drug-likeness (QED) is 0.265. The van der Waals surface area contributed by atoms with Gasteiger partial charge in [0, 0.05) is 5.39 Å². The van der Waals surface area contributed by atoms with Crippen LogP contribution >= 0.6 is 0 Å². The molecule has 5 rings (SSSR count). The van der Waals surface area contributed by atoms with Crippen LogP contribution in [0.4, 0.5) is 0 Å². The van der Waals surface area contributed by atoms with Gasteiger partial charge in [-0.2, -0.15) is 0 Å². The van der Waals surface area contributed by atoms with Crippen LogP contribution in [0.15, 0.2) is 57.7 Å². The highest BCUT2D eigenvalue weighted by molar-refractivity contribution is 6.09. The Labute approximate surface area is 187 Å². The first-order valence-electron chi connectivity index (χ1n) is 10.4. The first-order chi connectivity index (χ1) is 15.9. The number of hydrogen-bond acceptors (Lipinski definition) is 9. The summed E-state index contributed by atoms with van der Waals surface area (Å²) >= 11 is 0. The van der Waals surface area contributed by atoms with Crippen molar-refractivity contribution in [2.24, 2.45) is 0 Å². The second-order valence-corrected chi connectivity index (χ2v) is 7.90. The van der Waals surface area contributed by atoms with E-state index in [1.807, 2.05) is 18.2 Å². The van der Waals surface area contributed by atoms with Crippen LogP contribution in [0.1, 0.15) is 0 Å². The zero-order chi connectivity index (χ0) is 23.3. The minimum atomic E-state index is -1.60. The molecule has 5 atom stereocenters. The second kappa shape index (κ2) is 8.29. The van der Waals surface area contributed by atoms with Gasteiger partial charge in [0.05, 0.1) is 24.5 Å². The maximum Gasteiger partial charge on any atom is 0.229 e. The predicted octanol–water partition coefficient (Wildman–Crippen LogP) is 1.29. The fraction of sp³-hybridized carbons (Fsp3) is 0.292. The molecule has 2 heterocycles. The summed E-state index contributed by atoms with van der Waals surface area (Å²) in [5.41, 5.74) is 0.191. The van der Waals surface area contributed by atoms with Crippen molar-refractivity contribution in [1.82, 2.24) is 0 Å². The lowest BCUT2D eigenvalue weighted by Crippen LogP contribution is -2.60. The normalized spacial score (nSPS) is 25.5. The van der Waals surface area contributed by atoms with Gasteiger partial charge in [0.1, 0.15) is 35.7 Å². The van der Waals surface area contributed by atoms with E-state index in [1.165, 1.54) is 6.07 Å². The lowest BCUT2D eigenvalue weighted by molar-refractivity contribution is -0.277. The summed E-state index contributed by atoms with van der Waals surface area (Å²) in [5.74, 6) is 0.704. The monoisotopic (exact) mass is 454 g/mol. The number of rotatable bonds is 4. The molecule has 0 unspecified atom stereocenters. The van der Waals surface area contributed by atoms with Crippen LogP contribution in [0, 0.1) is 0 Å². The van der Waals surface area contributed by atoms with Crippen LogP contribution in [0.3, 0.4) is 0 Å². The van der Waals surface area contributed by atoms with Gasteiger partial charge in [-0.25, -0.2) is 0 Å². The molecule has 9 nitrogen and oxygen atoms in total. The molecule has 3 aromatic carbocycles. The molecule has 0 amide bonds. The van der Waals surface area contributed by atoms with Gasteiger partial charge in [-0.3, -0.25) is 4.79 Å². The van der Waals surface area contributed by atoms with Crippen molar-refractivity contribution in [3.05, 3.63) is 58.8 Å². The van der Waals surface area contributed by atoms with Crippen molar-refractivity contribution >= 4 is 32.7 Å². The molecule has 1 fully saturated rings. The molecule has 33 heavy (non-hydrogen) atoms. The Balaban J connectivity index is 1.64. The van der Waals surface area contributed by atoms with Crippen molar-refractivity contribution < 1.29 is 39.1 Å². The minimum absolute atomic E-state index is 0.0987. The zero-order valence-corrected chi connectivity index (χ0v) is 17.5. The molecule has 0 radical (unpaired) electrons. The van der Waals surface area contributed by atoms with Gasteiger partial charge >= 0.3 is 0 Å². The van der Waals surface area contributed by atoms with Crippen molar-refractivity contribution in [3.63, 3.8) is 0 Å². The van der Waals surface area contributed by atoms with Crippen molar-refractivity contribution in [1.29, 1.82) is 0 Å². The number of methoxy groups -OCH3 is 1. The van der Waals surface area contributed by atoms with Crippen LogP contribution in [0.25, 0.3) is 32.7 Å². The van der Waals surface area contributed by atoms with E-state index in [9.17, 15) is 25.2 Å². The van der Waals surface area contributed by atoms with E-state index in [0.29, 0.717) is 22.1 Å². The van der Waals surface area contributed by atoms with Gasteiger partial charge < -0.3 is 39.1 Å². The Hall–Kier alpha value is -3.21. The number of aliphatic hydroxyl groups excluding tert-OH is 4. The summed E-state index contributed by atoms with van der Waals surface area (Å²) in [6, 6.07) is 13.7. The Bertz CT molecular complexity index is 1390. The number of fused-ring (bicyclic) bond motifs is 4. The molecule has 0 saturated carbocycles. The fourth-order valence-electron chi connectivity index (χ4n) is 4.15. The fourth-order valence-corrected chi connectivity index (χ4v) is 4.15. The Morgan fingerprint density at radius 2 is 1.76 bits per heavy atom. The summed E-state index contributed by atoms with van der Waals surface area (Å²) in [6.45, 7) is -0.587. The average Bonchev–Trinajstić information content (AvgIpc) is 2.84. The summed E-state index contributed by atoms with van der Waals surface area (Å²) in [4.78, 5) is 13.5. The molecule has 1 aliphatic heterocycles. The molecule has 9 heteroatoms. The maximum absolute atomic E-state index is 13.5. The predicted molar refractivity (Wildman–Crippen MR) is 118 cm³/mol. The van der Waals surface area contributed by atoms with Crippen LogP contribution in [-0.2, 0) is 4.74 Å². The molecule has 1 aliphatic rings. The van der Waals surface area contributed by atoms with Crippen LogP contribution in [0.5, 0.6) is 11.5 Å². The van der Waals surface area contributed by atoms with Crippen molar-refractivity contribution in [2.75, 3.05) is 13.7 Å². The third-order valence-corrected chi connectivity index (χ3v) is 5.94. The van der Waals surface area contributed by atoms with E-state index in [4.69, 9.17) is 18.6 Å². The third kappa shape index (κ3) is 3.50. The van der Waals surface area contributed by atoms with E-state index in [2.05, 4.69) is 0 Å². The molecule has 1 aromatic heterocycles. The summed E-state index contributed by atoms with van der Waals surface area (Å²) in [5, 5.41) is 41.9. The number of aliphatic hydroxyl groups is 4. The lowest BCUT2D eigenvalue weighted by atomic mass is 9.99. The topological polar surface area (TPSA) is 139 Å². The van der Waals surface area contributed by atoms with Gasteiger partial charge in [-0.1, -0.05) is 18.2 Å². The number of benzene rings is 3. The molecular formula is C24H22O9. The summed E-state index contributed by atoms with van der Waals surface area (Å²) in [7, 11) is 1.55. The molecule has 4 N–H and O–H groups in total. The molecule has 0 aliphatic carbocycles. The van der Waals surface area contributed by atoms with Gasteiger partial charge in [0.25, 0.3) is 0 Å². The Morgan fingerprint density at radius 1 is 0.970 bits per heavy atom. The van der Waals surface area contributed by atoms with Crippen LogP contribution < -0.4 is 14.9 Å². The largest absolute Gasteiger partial charge is 0.497 e. The van der Waals surface area contributed by atoms with E-state index in [-0.39, 0.29) is 22.1 Å². The van der Waals surface area contributed by atoms with Crippen LogP contribution in [-0.4, -0.2) is 64.8 Å². The molecule has 0 bridgehead atoms. The molecule has 0 spiro atoms. The average molecular weight is 454 g/mol. The lowest BCUT2D eigenvalue weighted by Gasteiger charge is -2.39. The molecule has 4 aromatic rings. The Morgan fingerprint density at radius 3 is 2.52 bits per heavy atom. The van der Waals surface area contributed by atoms with E-state index >= 15 is 0 Å². The van der Waals surface area contributed by atoms with E-state index < -0.39 is 37.3 Å². The number of para-hydroxylation sites is 1. The number of ether oxygens (including phenoxy) is 3. The van der Waals surface area contributed by atoms with Gasteiger partial charge in [0.15, 0.2) is 11.3 Å². The van der Waals surface area contributed by atoms with E-state index in [1.54, 1.807) is 31.4 Å². The van der Waals surface area contributed by atoms with Gasteiger partial charge in [-0.05, 0) is 35.7 Å². The highest BCUT2D eigenvalue weighted by Crippen LogP contribution is 2.33. The standard InChI is InChI=1S/C24H22O9/c1-30-12-7-5-11-6-8-15-18(14(11)9-12)19(26)13-3-2-4-16(23(13)31-15)32-24-22(29)21(28)20(27)17(10-25)33-24/h2-9,17,20-22,24-25,27-29H,10H2,1H3/t17-,20+,21-,22-,24-/m0/s1. The third-order valence-electron chi connectivity index (χ3n) is 5.94. The van der Waals surface area contributed by atoms with Crippen molar-refractivity contribution in [2.45, 2.75) is 30.7 Å². The maximum atomic E-state index is 13.5. The Kier molecular flexibility index (Phi) is 5.43. The smallest absolute Gasteiger partial charge is 0.229 e.